The first-order chi connectivity index (χ1) is 59.5. The highest BCUT2D eigenvalue weighted by atomic mass is 15.2. The summed E-state index contributed by atoms with van der Waals surface area (Å²) >= 11 is 0. The highest BCUT2D eigenvalue weighted by Gasteiger charge is 2.55. The molecular formula is C116H78N4. The van der Waals surface area contributed by atoms with Gasteiger partial charge >= 0.3 is 0 Å². The van der Waals surface area contributed by atoms with Crippen LogP contribution in [0.3, 0.4) is 0 Å². The van der Waals surface area contributed by atoms with Gasteiger partial charge in [0.05, 0.1) is 16.5 Å². The third-order valence-corrected chi connectivity index (χ3v) is 25.4. The second-order valence-electron chi connectivity index (χ2n) is 31.7. The normalized spacial score (nSPS) is 13.6. The van der Waals surface area contributed by atoms with Gasteiger partial charge < -0.3 is 19.6 Å². The van der Waals surface area contributed by atoms with Gasteiger partial charge in [0.1, 0.15) is 0 Å². The van der Waals surface area contributed by atoms with E-state index in [1.54, 1.807) is 0 Å². The van der Waals surface area contributed by atoms with E-state index in [0.717, 1.165) is 84.9 Å². The second-order valence-corrected chi connectivity index (χ2v) is 31.7. The van der Waals surface area contributed by atoms with Gasteiger partial charge in [-0.1, -0.05) is 328 Å². The maximum Gasteiger partial charge on any atom is 0.0726 e. The number of benzene rings is 19. The molecule has 0 amide bonds. The molecule has 1 unspecified atom stereocenters. The van der Waals surface area contributed by atoms with Gasteiger partial charge in [-0.25, -0.2) is 0 Å². The van der Waals surface area contributed by atoms with Crippen LogP contribution in [0.15, 0.2) is 473 Å². The molecule has 4 aliphatic carbocycles. The average Bonchev–Trinajstić information content (AvgIpc) is 1.51. The fourth-order valence-electron chi connectivity index (χ4n) is 20.4. The minimum Gasteiger partial charge on any atom is -0.310 e. The molecule has 0 N–H and O–H groups in total. The van der Waals surface area contributed by atoms with Crippen LogP contribution in [0.4, 0.5) is 68.2 Å². The van der Waals surface area contributed by atoms with Gasteiger partial charge in [-0.3, -0.25) is 0 Å². The lowest BCUT2D eigenvalue weighted by atomic mass is 9.70. The summed E-state index contributed by atoms with van der Waals surface area (Å²) in [7, 11) is 0. The van der Waals surface area contributed by atoms with E-state index >= 15 is 0 Å². The molecule has 0 bridgehead atoms. The minimum atomic E-state index is -0.721. The maximum atomic E-state index is 2.49. The van der Waals surface area contributed by atoms with Crippen molar-refractivity contribution in [3.05, 3.63) is 518 Å². The number of anilines is 12. The molecule has 0 saturated heterocycles. The van der Waals surface area contributed by atoms with Gasteiger partial charge in [-0.2, -0.15) is 0 Å². The molecule has 1 atom stereocenters. The molecule has 562 valence electrons. The SMILES string of the molecule is c1ccc(-c2ccc(N(c3ccccc3)c3ccc4c(c3)-c3c(N(c5ccccc5)c5ccc(-c6ccccc6)cc5)cccc3C43c4ccccc4-c4c(-c5cccc(-c6ccc(N(c7ccccc7)c7ccc8c(c7)-c7ccc(N(c9ccccc9)c9ccccc9)cc7C87c8ccccc8-c8ccccc87)cc6)c5)cccc43)cc2)cc1. The van der Waals surface area contributed by atoms with Gasteiger partial charge in [0.25, 0.3) is 0 Å². The summed E-state index contributed by atoms with van der Waals surface area (Å²) in [5.41, 5.74) is 41.1. The van der Waals surface area contributed by atoms with Gasteiger partial charge in [-0.05, 0) is 274 Å². The van der Waals surface area contributed by atoms with Crippen LogP contribution in [-0.2, 0) is 10.8 Å². The Morgan fingerprint density at radius 3 is 0.900 bits per heavy atom. The molecule has 0 radical (unpaired) electrons. The van der Waals surface area contributed by atoms with E-state index in [9.17, 15) is 0 Å². The molecule has 19 aromatic carbocycles. The van der Waals surface area contributed by atoms with Gasteiger partial charge in [-0.15, -0.1) is 0 Å². The number of nitrogens with zero attached hydrogens (tertiary/aromatic N) is 4. The number of hydrogen-bond acceptors (Lipinski definition) is 4. The van der Waals surface area contributed by atoms with Crippen molar-refractivity contribution < 1.29 is 0 Å². The lowest BCUT2D eigenvalue weighted by Gasteiger charge is -2.32. The Hall–Kier alpha value is -15.6. The largest absolute Gasteiger partial charge is 0.310 e. The topological polar surface area (TPSA) is 13.0 Å². The molecule has 23 rings (SSSR count). The van der Waals surface area contributed by atoms with Crippen LogP contribution >= 0.6 is 0 Å². The Morgan fingerprint density at radius 1 is 0.125 bits per heavy atom. The van der Waals surface area contributed by atoms with E-state index in [4.69, 9.17) is 0 Å². The minimum absolute atomic E-state index is 0.571. The van der Waals surface area contributed by atoms with Crippen molar-refractivity contribution in [1.29, 1.82) is 0 Å². The van der Waals surface area contributed by atoms with Crippen LogP contribution in [-0.4, -0.2) is 0 Å². The van der Waals surface area contributed by atoms with Crippen LogP contribution in [0, 0.1) is 0 Å². The van der Waals surface area contributed by atoms with E-state index in [1.165, 1.54) is 117 Å². The standard InChI is InChI=1S/C116H78N4/c1-8-31-79(32-9-1)81-57-63-91(64-58-81)119(89-43-18-6-19-44-89)95-71-74-108-103(77-95)114-110(55-30-56-112(114)120(90-45-20-7-21-46-90)93-67-59-82(60-68-93)80-33-10-2-11-34-80)116(108)106-53-27-24-49-101(106)113-97(50-29-54-109(113)116)85-36-28-35-84(75-85)83-61-65-92(66-62-83)118(88-41-16-5-17-42-88)94-70-73-107-102(76-94)100-72-69-96(117(86-37-12-3-13-38-86)87-39-14-4-15-40-87)78-111(100)115(107)104-51-25-22-47-98(104)99-48-23-26-52-105(99)115/h1-78H. The zero-order chi connectivity index (χ0) is 79.2. The molecule has 120 heavy (non-hydrogen) atoms. The van der Waals surface area contributed by atoms with Gasteiger partial charge in [0, 0.05) is 68.1 Å². The number of para-hydroxylation sites is 5. The summed E-state index contributed by atoms with van der Waals surface area (Å²) in [6, 6.07) is 176. The molecule has 0 aliphatic heterocycles. The molecule has 0 aromatic heterocycles. The summed E-state index contributed by atoms with van der Waals surface area (Å²) in [6.07, 6.45) is 0. The molecular weight excluding hydrogens is 1450 g/mol. The molecule has 19 aromatic rings. The van der Waals surface area contributed by atoms with Crippen molar-refractivity contribution in [3.8, 4) is 89.0 Å². The van der Waals surface area contributed by atoms with E-state index in [2.05, 4.69) is 493 Å². The highest BCUT2D eigenvalue weighted by Crippen LogP contribution is 2.68. The monoisotopic (exact) mass is 1530 g/mol. The Bertz CT molecular complexity index is 7030. The summed E-state index contributed by atoms with van der Waals surface area (Å²) in [4.78, 5) is 9.73. The smallest absolute Gasteiger partial charge is 0.0726 e. The number of hydrogen-bond donors (Lipinski definition) is 0. The lowest BCUT2D eigenvalue weighted by molar-refractivity contribution is 0.793. The van der Waals surface area contributed by atoms with E-state index in [-0.39, 0.29) is 0 Å². The summed E-state index contributed by atoms with van der Waals surface area (Å²) in [6.45, 7) is 0. The predicted molar refractivity (Wildman–Crippen MR) is 500 cm³/mol. The average molecular weight is 1530 g/mol. The van der Waals surface area contributed by atoms with Crippen molar-refractivity contribution in [2.24, 2.45) is 0 Å². The van der Waals surface area contributed by atoms with Crippen LogP contribution in [0.5, 0.6) is 0 Å². The first-order valence-electron chi connectivity index (χ1n) is 41.5. The summed E-state index contributed by atoms with van der Waals surface area (Å²) in [5, 5.41) is 0. The van der Waals surface area contributed by atoms with Crippen LogP contribution < -0.4 is 19.6 Å². The first-order valence-corrected chi connectivity index (χ1v) is 41.5. The number of rotatable bonds is 16. The van der Waals surface area contributed by atoms with Crippen molar-refractivity contribution in [2.75, 3.05) is 19.6 Å². The van der Waals surface area contributed by atoms with Gasteiger partial charge in [0.2, 0.25) is 0 Å². The predicted octanol–water partition coefficient (Wildman–Crippen LogP) is 30.9. The van der Waals surface area contributed by atoms with Crippen molar-refractivity contribution in [3.63, 3.8) is 0 Å². The highest BCUT2D eigenvalue weighted by molar-refractivity contribution is 6.06. The van der Waals surface area contributed by atoms with Crippen molar-refractivity contribution in [2.45, 2.75) is 10.8 Å². The quantitative estimate of drug-likeness (QED) is 0.0956. The first kappa shape index (κ1) is 69.8. The molecule has 0 saturated carbocycles. The van der Waals surface area contributed by atoms with Crippen LogP contribution in [0.2, 0.25) is 0 Å². The van der Waals surface area contributed by atoms with E-state index in [1.807, 2.05) is 0 Å². The van der Waals surface area contributed by atoms with Crippen LogP contribution in [0.25, 0.3) is 89.0 Å². The molecule has 4 heteroatoms. The Balaban J connectivity index is 0.652. The fraction of sp³-hybridized carbons (Fsp3) is 0.0172. The molecule has 2 spiro atoms. The van der Waals surface area contributed by atoms with Crippen molar-refractivity contribution >= 4 is 68.2 Å². The third kappa shape index (κ3) is 11.1. The lowest BCUT2D eigenvalue weighted by Crippen LogP contribution is -2.26. The van der Waals surface area contributed by atoms with E-state index < -0.39 is 10.8 Å². The zero-order valence-corrected chi connectivity index (χ0v) is 65.8. The maximum absolute atomic E-state index is 2.49. The molecule has 0 heterocycles. The van der Waals surface area contributed by atoms with Gasteiger partial charge in [0.15, 0.2) is 0 Å². The Kier molecular flexibility index (Phi) is 16.7. The Morgan fingerprint density at radius 2 is 0.408 bits per heavy atom. The summed E-state index contributed by atoms with van der Waals surface area (Å²) < 4.78 is 0. The Labute approximate surface area is 700 Å². The second kappa shape index (κ2) is 28.7. The van der Waals surface area contributed by atoms with E-state index in [0.29, 0.717) is 0 Å². The number of fused-ring (bicyclic) bond motifs is 20. The van der Waals surface area contributed by atoms with Crippen molar-refractivity contribution in [1.82, 2.24) is 0 Å². The zero-order valence-electron chi connectivity index (χ0n) is 65.8. The third-order valence-electron chi connectivity index (χ3n) is 25.4. The molecule has 4 nitrogen and oxygen atoms in total. The fourth-order valence-corrected chi connectivity index (χ4v) is 20.4. The summed E-state index contributed by atoms with van der Waals surface area (Å²) in [5.74, 6) is 0. The van der Waals surface area contributed by atoms with Crippen LogP contribution in [0.1, 0.15) is 44.5 Å². The molecule has 4 aliphatic rings. The molecule has 0 fully saturated rings.